The van der Waals surface area contributed by atoms with E-state index < -0.39 is 9.84 Å². The SMILES string of the molecule is COc1cncc(S(=O)(=O)c2ccc3c(c2)OCC2NCCC32)c1. The molecule has 0 bridgehead atoms. The molecule has 2 atom stereocenters. The molecule has 1 aromatic heterocycles. The van der Waals surface area contributed by atoms with E-state index in [-0.39, 0.29) is 9.79 Å². The lowest BCUT2D eigenvalue weighted by Crippen LogP contribution is -2.35. The molecule has 6 nitrogen and oxygen atoms in total. The first-order valence-corrected chi connectivity index (χ1v) is 9.32. The Balaban J connectivity index is 1.74. The Labute approximate surface area is 140 Å². The molecule has 0 radical (unpaired) electrons. The fraction of sp³-hybridized carbons (Fsp3) is 0.353. The van der Waals surface area contributed by atoms with Crippen LogP contribution in [0.4, 0.5) is 0 Å². The topological polar surface area (TPSA) is 77.5 Å². The molecule has 2 aliphatic heterocycles. The van der Waals surface area contributed by atoms with Crippen molar-refractivity contribution in [3.05, 3.63) is 42.2 Å². The van der Waals surface area contributed by atoms with Crippen molar-refractivity contribution in [2.75, 3.05) is 20.3 Å². The summed E-state index contributed by atoms with van der Waals surface area (Å²) in [7, 11) is -2.19. The number of hydrogen-bond acceptors (Lipinski definition) is 6. The van der Waals surface area contributed by atoms with E-state index in [1.54, 1.807) is 12.1 Å². The number of nitrogens with zero attached hydrogens (tertiary/aromatic N) is 1. The van der Waals surface area contributed by atoms with E-state index in [4.69, 9.17) is 9.47 Å². The molecule has 0 spiro atoms. The fourth-order valence-electron chi connectivity index (χ4n) is 3.40. The van der Waals surface area contributed by atoms with Crippen molar-refractivity contribution in [3.8, 4) is 11.5 Å². The van der Waals surface area contributed by atoms with Crippen molar-refractivity contribution in [1.29, 1.82) is 0 Å². The molecule has 126 valence electrons. The van der Waals surface area contributed by atoms with Crippen LogP contribution in [0, 0.1) is 0 Å². The Morgan fingerprint density at radius 2 is 2.12 bits per heavy atom. The molecule has 1 fully saturated rings. The number of ether oxygens (including phenoxy) is 2. The molecule has 2 unspecified atom stereocenters. The molecular weight excluding hydrogens is 328 g/mol. The van der Waals surface area contributed by atoms with E-state index in [0.717, 1.165) is 18.5 Å². The smallest absolute Gasteiger partial charge is 0.208 e. The molecule has 2 aromatic rings. The zero-order chi connectivity index (χ0) is 16.7. The third kappa shape index (κ3) is 2.44. The minimum absolute atomic E-state index is 0.109. The van der Waals surface area contributed by atoms with Gasteiger partial charge in [0.1, 0.15) is 18.1 Å². The summed E-state index contributed by atoms with van der Waals surface area (Å²) >= 11 is 0. The lowest BCUT2D eigenvalue weighted by atomic mass is 9.90. The highest BCUT2D eigenvalue weighted by Crippen LogP contribution is 2.40. The summed E-state index contributed by atoms with van der Waals surface area (Å²) in [5.74, 6) is 1.46. The maximum atomic E-state index is 12.9. The van der Waals surface area contributed by atoms with E-state index >= 15 is 0 Å². The Morgan fingerprint density at radius 3 is 2.96 bits per heavy atom. The maximum Gasteiger partial charge on any atom is 0.208 e. The summed E-state index contributed by atoms with van der Waals surface area (Å²) in [5, 5.41) is 3.42. The van der Waals surface area contributed by atoms with E-state index in [1.807, 2.05) is 6.07 Å². The van der Waals surface area contributed by atoms with Crippen LogP contribution < -0.4 is 14.8 Å². The van der Waals surface area contributed by atoms with Crippen molar-refractivity contribution < 1.29 is 17.9 Å². The number of pyridine rings is 1. The largest absolute Gasteiger partial charge is 0.495 e. The van der Waals surface area contributed by atoms with Crippen molar-refractivity contribution in [3.63, 3.8) is 0 Å². The minimum Gasteiger partial charge on any atom is -0.495 e. The van der Waals surface area contributed by atoms with Gasteiger partial charge >= 0.3 is 0 Å². The first kappa shape index (κ1) is 15.4. The predicted molar refractivity (Wildman–Crippen MR) is 87.3 cm³/mol. The van der Waals surface area contributed by atoms with Crippen LogP contribution in [0.2, 0.25) is 0 Å². The summed E-state index contributed by atoms with van der Waals surface area (Å²) in [6.07, 6.45) is 3.85. The lowest BCUT2D eigenvalue weighted by molar-refractivity contribution is 0.238. The molecular formula is C17H18N2O4S. The van der Waals surface area contributed by atoms with Gasteiger partial charge in [0.15, 0.2) is 0 Å². The van der Waals surface area contributed by atoms with Crippen LogP contribution in [-0.4, -0.2) is 39.7 Å². The van der Waals surface area contributed by atoms with Gasteiger partial charge in [0, 0.05) is 24.2 Å². The zero-order valence-corrected chi connectivity index (χ0v) is 14.0. The van der Waals surface area contributed by atoms with Gasteiger partial charge in [-0.3, -0.25) is 4.98 Å². The molecule has 7 heteroatoms. The number of sulfone groups is 1. The number of methoxy groups -OCH3 is 1. The van der Waals surface area contributed by atoms with Crippen LogP contribution in [0.3, 0.4) is 0 Å². The fourth-order valence-corrected chi connectivity index (χ4v) is 4.65. The summed E-state index contributed by atoms with van der Waals surface area (Å²) in [6.45, 7) is 1.54. The van der Waals surface area contributed by atoms with Crippen LogP contribution >= 0.6 is 0 Å². The van der Waals surface area contributed by atoms with Crippen LogP contribution in [0.15, 0.2) is 46.5 Å². The minimum atomic E-state index is -3.67. The highest BCUT2D eigenvalue weighted by atomic mass is 32.2. The Kier molecular flexibility index (Phi) is 3.69. The van der Waals surface area contributed by atoms with Gasteiger partial charge in [0.2, 0.25) is 9.84 Å². The zero-order valence-electron chi connectivity index (χ0n) is 13.2. The van der Waals surface area contributed by atoms with Crippen LogP contribution in [0.25, 0.3) is 0 Å². The number of aromatic nitrogens is 1. The van der Waals surface area contributed by atoms with Crippen LogP contribution in [0.5, 0.6) is 11.5 Å². The van der Waals surface area contributed by atoms with Gasteiger partial charge in [-0.15, -0.1) is 0 Å². The summed E-state index contributed by atoms with van der Waals surface area (Å²) < 4.78 is 36.6. The molecule has 0 aliphatic carbocycles. The van der Waals surface area contributed by atoms with Crippen molar-refractivity contribution in [2.45, 2.75) is 28.2 Å². The lowest BCUT2D eigenvalue weighted by Gasteiger charge is -2.28. The van der Waals surface area contributed by atoms with E-state index in [2.05, 4.69) is 10.3 Å². The Morgan fingerprint density at radius 1 is 1.25 bits per heavy atom. The highest BCUT2D eigenvalue weighted by Gasteiger charge is 2.35. The van der Waals surface area contributed by atoms with Crippen LogP contribution in [0.1, 0.15) is 17.9 Å². The van der Waals surface area contributed by atoms with Gasteiger partial charge in [0.25, 0.3) is 0 Å². The molecule has 2 aliphatic rings. The van der Waals surface area contributed by atoms with E-state index in [1.165, 1.54) is 25.6 Å². The molecule has 0 saturated carbocycles. The third-order valence-electron chi connectivity index (χ3n) is 4.69. The summed E-state index contributed by atoms with van der Waals surface area (Å²) in [5.41, 5.74) is 1.08. The quantitative estimate of drug-likeness (QED) is 0.912. The van der Waals surface area contributed by atoms with E-state index in [9.17, 15) is 8.42 Å². The Bertz CT molecular complexity index is 882. The average molecular weight is 346 g/mol. The van der Waals surface area contributed by atoms with Crippen molar-refractivity contribution in [2.24, 2.45) is 0 Å². The number of hydrogen-bond donors (Lipinski definition) is 1. The number of rotatable bonds is 3. The second kappa shape index (κ2) is 5.75. The van der Waals surface area contributed by atoms with Crippen molar-refractivity contribution in [1.82, 2.24) is 10.3 Å². The van der Waals surface area contributed by atoms with Gasteiger partial charge in [0.05, 0.1) is 23.1 Å². The highest BCUT2D eigenvalue weighted by molar-refractivity contribution is 7.91. The number of fused-ring (bicyclic) bond motifs is 3. The number of nitrogens with one attached hydrogen (secondary N) is 1. The Hall–Kier alpha value is -2.12. The predicted octanol–water partition coefficient (Wildman–Crippen LogP) is 1.76. The molecule has 0 amide bonds. The van der Waals surface area contributed by atoms with Gasteiger partial charge < -0.3 is 14.8 Å². The summed E-state index contributed by atoms with van der Waals surface area (Å²) in [6, 6.07) is 6.94. The molecule has 3 heterocycles. The normalized spacial score (nSPS) is 22.4. The molecule has 1 saturated heterocycles. The molecule has 24 heavy (non-hydrogen) atoms. The van der Waals surface area contributed by atoms with Crippen LogP contribution in [-0.2, 0) is 9.84 Å². The molecule has 1 aromatic carbocycles. The second-order valence-corrected chi connectivity index (χ2v) is 7.98. The standard InChI is InChI=1S/C17H18N2O4S/c1-22-11-6-13(9-18-8-11)24(20,21)12-2-3-15-14-4-5-19-16(14)10-23-17(15)7-12/h2-3,6-9,14,16,19H,4-5,10H2,1H3. The average Bonchev–Trinajstić information content (AvgIpc) is 3.10. The van der Waals surface area contributed by atoms with E-state index in [0.29, 0.717) is 30.1 Å². The van der Waals surface area contributed by atoms with Gasteiger partial charge in [-0.2, -0.15) is 0 Å². The van der Waals surface area contributed by atoms with Gasteiger partial charge in [-0.25, -0.2) is 8.42 Å². The molecule has 1 N–H and O–H groups in total. The van der Waals surface area contributed by atoms with Crippen molar-refractivity contribution >= 4 is 9.84 Å². The van der Waals surface area contributed by atoms with Gasteiger partial charge in [-0.1, -0.05) is 6.07 Å². The molecule has 4 rings (SSSR count). The second-order valence-electron chi connectivity index (χ2n) is 6.03. The summed E-state index contributed by atoms with van der Waals surface area (Å²) in [4.78, 5) is 4.25. The van der Waals surface area contributed by atoms with Gasteiger partial charge in [-0.05, 0) is 30.7 Å². The monoisotopic (exact) mass is 346 g/mol. The first-order valence-electron chi connectivity index (χ1n) is 7.84. The maximum absolute atomic E-state index is 12.9. The third-order valence-corrected chi connectivity index (χ3v) is 6.41. The number of benzene rings is 1. The first-order chi connectivity index (χ1) is 11.6.